The van der Waals surface area contributed by atoms with Crippen LogP contribution in [0.4, 0.5) is 0 Å². The zero-order valence-electron chi connectivity index (χ0n) is 8.26. The van der Waals surface area contributed by atoms with Crippen LogP contribution >= 0.6 is 15.9 Å². The van der Waals surface area contributed by atoms with E-state index in [1.165, 1.54) is 5.56 Å². The van der Waals surface area contributed by atoms with Crippen LogP contribution in [0, 0.1) is 0 Å². The summed E-state index contributed by atoms with van der Waals surface area (Å²) < 4.78 is 0.105. The number of benzene rings is 1. The molecule has 0 bridgehead atoms. The van der Waals surface area contributed by atoms with Crippen LogP contribution in [0.1, 0.15) is 33.3 Å². The van der Waals surface area contributed by atoms with Crippen molar-refractivity contribution in [3.63, 3.8) is 0 Å². The quantitative estimate of drug-likeness (QED) is 0.628. The predicted octanol–water partition coefficient (Wildman–Crippen LogP) is 4.34. The molecule has 1 rings (SSSR count). The molecule has 0 spiro atoms. The maximum absolute atomic E-state index is 3.59. The summed E-state index contributed by atoms with van der Waals surface area (Å²) in [5.74, 6) is 0. The predicted molar refractivity (Wildman–Crippen MR) is 59.7 cm³/mol. The van der Waals surface area contributed by atoms with Gasteiger partial charge < -0.3 is 0 Å². The summed E-state index contributed by atoms with van der Waals surface area (Å²) in [6.07, 6.45) is 0. The topological polar surface area (TPSA) is 0 Å². The van der Waals surface area contributed by atoms with Gasteiger partial charge in [0.15, 0.2) is 0 Å². The minimum absolute atomic E-state index is 0.105. The Bertz CT molecular complexity index is 196. The molecule has 0 saturated carbocycles. The van der Waals surface area contributed by atoms with E-state index in [9.17, 15) is 0 Å². The highest BCUT2D eigenvalue weighted by atomic mass is 79.9. The second kappa shape index (κ2) is 5.36. The second-order valence-electron chi connectivity index (χ2n) is 2.84. The van der Waals surface area contributed by atoms with Crippen molar-refractivity contribution in [2.45, 2.75) is 32.0 Å². The van der Waals surface area contributed by atoms with Gasteiger partial charge in [0, 0.05) is 4.32 Å². The Kier molecular flexibility index (Phi) is 5.23. The van der Waals surface area contributed by atoms with Gasteiger partial charge >= 0.3 is 0 Å². The van der Waals surface area contributed by atoms with Gasteiger partial charge in [0.25, 0.3) is 0 Å². The first-order valence-corrected chi connectivity index (χ1v) is 5.14. The lowest BCUT2D eigenvalue weighted by molar-refractivity contribution is 0.803. The Hall–Kier alpha value is -0.300. The SMILES string of the molecule is CC.CC(C)(Br)c1ccccc1. The number of hydrogen-bond donors (Lipinski definition) is 0. The molecule has 0 aliphatic rings. The number of alkyl halides is 1. The molecule has 0 aliphatic heterocycles. The third kappa shape index (κ3) is 3.91. The minimum atomic E-state index is 0.105. The van der Waals surface area contributed by atoms with E-state index in [1.54, 1.807) is 0 Å². The normalized spacial score (nSPS) is 10.1. The zero-order chi connectivity index (χ0) is 9.61. The maximum Gasteiger partial charge on any atom is 0.0449 e. The highest BCUT2D eigenvalue weighted by molar-refractivity contribution is 9.09. The first kappa shape index (κ1) is 11.7. The van der Waals surface area contributed by atoms with Crippen molar-refractivity contribution in [1.29, 1.82) is 0 Å². The molecule has 0 unspecified atom stereocenters. The van der Waals surface area contributed by atoms with Gasteiger partial charge in [-0.25, -0.2) is 0 Å². The molecule has 0 atom stereocenters. The van der Waals surface area contributed by atoms with E-state index in [0.717, 1.165) is 0 Å². The number of halogens is 1. The van der Waals surface area contributed by atoms with Crippen LogP contribution in [-0.4, -0.2) is 0 Å². The molecular formula is C11H17Br. The van der Waals surface area contributed by atoms with Crippen LogP contribution in [0.3, 0.4) is 0 Å². The van der Waals surface area contributed by atoms with Crippen LogP contribution in [0.25, 0.3) is 0 Å². The van der Waals surface area contributed by atoms with Crippen molar-refractivity contribution in [2.24, 2.45) is 0 Å². The molecule has 0 fully saturated rings. The van der Waals surface area contributed by atoms with Crippen LogP contribution < -0.4 is 0 Å². The zero-order valence-corrected chi connectivity index (χ0v) is 9.85. The first-order chi connectivity index (χ1) is 5.61. The Labute approximate surface area is 84.1 Å². The summed E-state index contributed by atoms with van der Waals surface area (Å²) in [5.41, 5.74) is 1.31. The van der Waals surface area contributed by atoms with Gasteiger partial charge in [-0.05, 0) is 19.4 Å². The summed E-state index contributed by atoms with van der Waals surface area (Å²) in [7, 11) is 0. The molecule has 0 radical (unpaired) electrons. The fraction of sp³-hybridized carbons (Fsp3) is 0.455. The van der Waals surface area contributed by atoms with Crippen molar-refractivity contribution >= 4 is 15.9 Å². The molecule has 1 aromatic carbocycles. The van der Waals surface area contributed by atoms with Crippen LogP contribution in [0.15, 0.2) is 30.3 Å². The average molecular weight is 229 g/mol. The second-order valence-corrected chi connectivity index (χ2v) is 4.82. The fourth-order valence-corrected chi connectivity index (χ4v) is 1.10. The van der Waals surface area contributed by atoms with Gasteiger partial charge in [0.2, 0.25) is 0 Å². The van der Waals surface area contributed by atoms with E-state index in [-0.39, 0.29) is 4.32 Å². The molecule has 0 amide bonds. The van der Waals surface area contributed by atoms with Crippen molar-refractivity contribution in [3.05, 3.63) is 35.9 Å². The molecule has 0 nitrogen and oxygen atoms in total. The molecule has 68 valence electrons. The van der Waals surface area contributed by atoms with Crippen LogP contribution in [0.5, 0.6) is 0 Å². The average Bonchev–Trinajstić information content (AvgIpc) is 2.08. The van der Waals surface area contributed by atoms with Crippen molar-refractivity contribution in [3.8, 4) is 0 Å². The lowest BCUT2D eigenvalue weighted by Crippen LogP contribution is -2.05. The summed E-state index contributed by atoms with van der Waals surface area (Å²) >= 11 is 3.59. The third-order valence-corrected chi connectivity index (χ3v) is 1.92. The smallest absolute Gasteiger partial charge is 0.0449 e. The van der Waals surface area contributed by atoms with E-state index in [0.29, 0.717) is 0 Å². The standard InChI is InChI=1S/C9H11Br.C2H6/c1-9(2,10)8-6-4-3-5-7-8;1-2/h3-7H,1-2H3;1-2H3. The van der Waals surface area contributed by atoms with E-state index in [2.05, 4.69) is 54.0 Å². The van der Waals surface area contributed by atoms with E-state index >= 15 is 0 Å². The Morgan fingerprint density at radius 1 is 1.00 bits per heavy atom. The molecule has 0 saturated heterocycles. The number of rotatable bonds is 1. The van der Waals surface area contributed by atoms with Gasteiger partial charge in [0.1, 0.15) is 0 Å². The van der Waals surface area contributed by atoms with Crippen LogP contribution in [0.2, 0.25) is 0 Å². The van der Waals surface area contributed by atoms with Gasteiger partial charge in [0.05, 0.1) is 0 Å². The molecular weight excluding hydrogens is 212 g/mol. The maximum atomic E-state index is 3.59. The summed E-state index contributed by atoms with van der Waals surface area (Å²) in [6.45, 7) is 8.28. The van der Waals surface area contributed by atoms with Gasteiger partial charge in [-0.15, -0.1) is 0 Å². The highest BCUT2D eigenvalue weighted by Gasteiger charge is 2.13. The fourth-order valence-electron chi connectivity index (χ4n) is 0.834. The highest BCUT2D eigenvalue weighted by Crippen LogP contribution is 2.28. The van der Waals surface area contributed by atoms with E-state index in [1.807, 2.05) is 19.9 Å². The molecule has 0 aromatic heterocycles. The van der Waals surface area contributed by atoms with Crippen molar-refractivity contribution < 1.29 is 0 Å². The molecule has 1 heteroatoms. The third-order valence-electron chi connectivity index (χ3n) is 1.46. The Morgan fingerprint density at radius 2 is 1.42 bits per heavy atom. The van der Waals surface area contributed by atoms with Gasteiger partial charge in [-0.2, -0.15) is 0 Å². The molecule has 0 N–H and O–H groups in total. The van der Waals surface area contributed by atoms with Gasteiger partial charge in [-0.1, -0.05) is 60.1 Å². The van der Waals surface area contributed by atoms with Crippen molar-refractivity contribution in [2.75, 3.05) is 0 Å². The van der Waals surface area contributed by atoms with Gasteiger partial charge in [-0.3, -0.25) is 0 Å². The van der Waals surface area contributed by atoms with Crippen molar-refractivity contribution in [1.82, 2.24) is 0 Å². The molecule has 1 aromatic rings. The molecule has 0 heterocycles. The minimum Gasteiger partial charge on any atom is -0.0807 e. The lowest BCUT2D eigenvalue weighted by atomic mass is 10.0. The number of hydrogen-bond acceptors (Lipinski definition) is 0. The summed E-state index contributed by atoms with van der Waals surface area (Å²) in [5, 5.41) is 0. The Morgan fingerprint density at radius 3 is 1.67 bits per heavy atom. The largest absolute Gasteiger partial charge is 0.0807 e. The first-order valence-electron chi connectivity index (χ1n) is 4.35. The Balaban J connectivity index is 0.000000561. The molecule has 12 heavy (non-hydrogen) atoms. The van der Waals surface area contributed by atoms with Crippen LogP contribution in [-0.2, 0) is 4.32 Å². The summed E-state index contributed by atoms with van der Waals surface area (Å²) in [6, 6.07) is 10.4. The van der Waals surface area contributed by atoms with E-state index in [4.69, 9.17) is 0 Å². The van der Waals surface area contributed by atoms with E-state index < -0.39 is 0 Å². The summed E-state index contributed by atoms with van der Waals surface area (Å²) in [4.78, 5) is 0. The molecule has 0 aliphatic carbocycles. The lowest BCUT2D eigenvalue weighted by Gasteiger charge is -2.15. The monoisotopic (exact) mass is 228 g/mol.